The average Bonchev–Trinajstić information content (AvgIpc) is 2.70. The average molecular weight is 555 g/mol. The highest BCUT2D eigenvalue weighted by molar-refractivity contribution is 7.99. The maximum absolute atomic E-state index is 13.4. The highest BCUT2D eigenvalue weighted by atomic mass is 32.2. The van der Waals surface area contributed by atoms with Gasteiger partial charge in [-0.05, 0) is 51.1 Å². The van der Waals surface area contributed by atoms with Crippen LogP contribution in [-0.4, -0.2) is 45.7 Å². The van der Waals surface area contributed by atoms with Gasteiger partial charge in [0.25, 0.3) is 9.84 Å². The van der Waals surface area contributed by atoms with E-state index in [0.29, 0.717) is 6.07 Å². The smallest absolute Gasteiger partial charge is 0.460 e. The van der Waals surface area contributed by atoms with Crippen molar-refractivity contribution in [2.75, 3.05) is 11.1 Å². The Labute approximate surface area is 206 Å². The molecular weight excluding hydrogens is 529 g/mol. The maximum atomic E-state index is 13.4. The number of benzene rings is 2. The maximum Gasteiger partial charge on any atom is 0.501 e. The fourth-order valence-electron chi connectivity index (χ4n) is 2.82. The summed E-state index contributed by atoms with van der Waals surface area (Å²) < 4.78 is 93.1. The Morgan fingerprint density at radius 1 is 1.06 bits per heavy atom. The second-order valence-electron chi connectivity index (χ2n) is 8.41. The summed E-state index contributed by atoms with van der Waals surface area (Å²) in [7, 11) is -10.5. The Morgan fingerprint density at radius 2 is 1.66 bits per heavy atom. The van der Waals surface area contributed by atoms with Gasteiger partial charge in [0, 0.05) is 16.7 Å². The van der Waals surface area contributed by atoms with Crippen LogP contribution in [0.2, 0.25) is 0 Å². The number of esters is 1. The van der Waals surface area contributed by atoms with Crippen LogP contribution in [0, 0.1) is 0 Å². The van der Waals surface area contributed by atoms with Gasteiger partial charge in [-0.1, -0.05) is 18.2 Å². The van der Waals surface area contributed by atoms with E-state index in [0.717, 1.165) is 17.0 Å². The molecule has 0 aromatic heterocycles. The number of carbonyl (C=O) groups is 1. The number of sulfone groups is 1. The van der Waals surface area contributed by atoms with Gasteiger partial charge in [-0.3, -0.25) is 4.79 Å². The Morgan fingerprint density at radius 3 is 2.17 bits per heavy atom. The minimum Gasteiger partial charge on any atom is -0.460 e. The van der Waals surface area contributed by atoms with E-state index in [4.69, 9.17) is 9.88 Å². The van der Waals surface area contributed by atoms with Gasteiger partial charge in [-0.15, -0.1) is 11.8 Å². The van der Waals surface area contributed by atoms with E-state index in [1.165, 1.54) is 11.8 Å². The molecule has 0 heterocycles. The molecule has 0 spiro atoms. The van der Waals surface area contributed by atoms with Gasteiger partial charge >= 0.3 is 11.5 Å². The third-order valence-corrected chi connectivity index (χ3v) is 7.87. The summed E-state index contributed by atoms with van der Waals surface area (Å²) in [6.07, 6.45) is -0.306. The summed E-state index contributed by atoms with van der Waals surface area (Å²) in [5, 5.41) is 7.63. The zero-order valence-corrected chi connectivity index (χ0v) is 21.4. The topological polar surface area (TPSA) is 133 Å². The van der Waals surface area contributed by atoms with E-state index in [1.54, 1.807) is 51.1 Å². The number of nitrogens with two attached hydrogens (primary N) is 1. The lowest BCUT2D eigenvalue weighted by atomic mass is 10.1. The number of rotatable bonds is 9. The molecule has 0 saturated heterocycles. The Kier molecular flexibility index (Phi) is 8.90. The van der Waals surface area contributed by atoms with Crippen LogP contribution >= 0.6 is 11.8 Å². The minimum atomic E-state index is -5.97. The van der Waals surface area contributed by atoms with Gasteiger partial charge < -0.3 is 10.1 Å². The van der Waals surface area contributed by atoms with Crippen LogP contribution < -0.4 is 10.5 Å². The number of carbonyl (C=O) groups excluding carboxylic acids is 1. The van der Waals surface area contributed by atoms with Crippen molar-refractivity contribution in [3.05, 3.63) is 48.5 Å². The summed E-state index contributed by atoms with van der Waals surface area (Å²) in [5.74, 6) is -0.517. The number of primary sulfonamides is 1. The molecule has 14 heteroatoms. The van der Waals surface area contributed by atoms with Crippen LogP contribution in [0.25, 0.3) is 0 Å². The Bertz CT molecular complexity index is 1260. The SMILES string of the molecule is CC(C)(C)OC(=O)C[C@H](CSc1ccccc1)Nc1ccc(S(N)(=O)=O)cc1S(=O)(=O)C(F)(F)F. The molecule has 0 radical (unpaired) electrons. The first kappa shape index (κ1) is 28.9. The molecular formula is C21H25F3N2O6S3. The molecule has 1 atom stereocenters. The molecule has 194 valence electrons. The number of hydrogen-bond donors (Lipinski definition) is 2. The number of nitrogens with one attached hydrogen (secondary N) is 1. The van der Waals surface area contributed by atoms with E-state index in [9.17, 15) is 34.8 Å². The van der Waals surface area contributed by atoms with Crippen molar-refractivity contribution >= 4 is 43.3 Å². The summed E-state index contributed by atoms with van der Waals surface area (Å²) in [6, 6.07) is 10.1. The van der Waals surface area contributed by atoms with Gasteiger partial charge in [-0.25, -0.2) is 22.0 Å². The standard InChI is InChI=1S/C21H25F3N2O6S3/c1-20(2,3)32-19(27)11-14(13-33-15-7-5-4-6-8-15)26-17-10-9-16(35(25,30)31)12-18(17)34(28,29)21(22,23)24/h4-10,12,14,26H,11,13H2,1-3H3,(H2,25,30,31)/t14-/m1/s1. The molecule has 2 aromatic carbocycles. The number of sulfonamides is 1. The van der Waals surface area contributed by atoms with Crippen LogP contribution in [0.4, 0.5) is 18.9 Å². The predicted molar refractivity (Wildman–Crippen MR) is 126 cm³/mol. The monoisotopic (exact) mass is 554 g/mol. The third kappa shape index (κ3) is 8.40. The number of halogens is 3. The lowest BCUT2D eigenvalue weighted by molar-refractivity contribution is -0.154. The Balaban J connectivity index is 2.48. The van der Waals surface area contributed by atoms with E-state index in [1.807, 2.05) is 0 Å². The number of alkyl halides is 3. The highest BCUT2D eigenvalue weighted by Gasteiger charge is 2.48. The Hall–Kier alpha value is -2.29. The van der Waals surface area contributed by atoms with E-state index in [-0.39, 0.29) is 12.2 Å². The zero-order chi connectivity index (χ0) is 26.7. The van der Waals surface area contributed by atoms with Crippen molar-refractivity contribution < 1.29 is 39.5 Å². The molecule has 2 aromatic rings. The van der Waals surface area contributed by atoms with Gasteiger partial charge in [-0.2, -0.15) is 13.2 Å². The third-order valence-electron chi connectivity index (χ3n) is 4.26. The van der Waals surface area contributed by atoms with E-state index < -0.39 is 58.5 Å². The predicted octanol–water partition coefficient (Wildman–Crippen LogP) is 3.93. The van der Waals surface area contributed by atoms with Gasteiger partial charge in [0.1, 0.15) is 10.5 Å². The molecule has 0 aliphatic carbocycles. The largest absolute Gasteiger partial charge is 0.501 e. The first-order valence-corrected chi connectivity index (χ1v) is 14.1. The fraction of sp³-hybridized carbons (Fsp3) is 0.381. The number of ether oxygens (including phenoxy) is 1. The van der Waals surface area contributed by atoms with E-state index >= 15 is 0 Å². The molecule has 3 N–H and O–H groups in total. The summed E-state index contributed by atoms with van der Waals surface area (Å²) in [5.41, 5.74) is -7.06. The highest BCUT2D eigenvalue weighted by Crippen LogP contribution is 2.36. The van der Waals surface area contributed by atoms with Crippen LogP contribution in [0.3, 0.4) is 0 Å². The second kappa shape index (κ2) is 10.8. The molecule has 8 nitrogen and oxygen atoms in total. The van der Waals surface area contributed by atoms with Crippen LogP contribution in [0.1, 0.15) is 27.2 Å². The van der Waals surface area contributed by atoms with Crippen LogP contribution in [-0.2, 0) is 29.4 Å². The van der Waals surface area contributed by atoms with Crippen molar-refractivity contribution in [3.63, 3.8) is 0 Å². The first-order valence-electron chi connectivity index (χ1n) is 10.0. The lowest BCUT2D eigenvalue weighted by Gasteiger charge is -2.24. The van der Waals surface area contributed by atoms with Crippen molar-refractivity contribution in [2.24, 2.45) is 5.14 Å². The quantitative estimate of drug-likeness (QED) is 0.352. The lowest BCUT2D eigenvalue weighted by Crippen LogP contribution is -2.32. The molecule has 0 bridgehead atoms. The summed E-state index contributed by atoms with van der Waals surface area (Å²) in [6.45, 7) is 4.93. The molecule has 0 unspecified atom stereocenters. The minimum absolute atomic E-state index is 0.145. The van der Waals surface area contributed by atoms with Crippen molar-refractivity contribution in [1.29, 1.82) is 0 Å². The van der Waals surface area contributed by atoms with Gasteiger partial charge in [0.15, 0.2) is 0 Å². The number of hydrogen-bond acceptors (Lipinski definition) is 8. The number of thioether (sulfide) groups is 1. The van der Waals surface area contributed by atoms with Gasteiger partial charge in [0.05, 0.1) is 17.0 Å². The van der Waals surface area contributed by atoms with Gasteiger partial charge in [0.2, 0.25) is 10.0 Å². The summed E-state index contributed by atoms with van der Waals surface area (Å²) >= 11 is 1.28. The molecule has 0 saturated carbocycles. The fourth-order valence-corrected chi connectivity index (χ4v) is 5.32. The second-order valence-corrected chi connectivity index (χ2v) is 13.0. The zero-order valence-electron chi connectivity index (χ0n) is 19.0. The first-order chi connectivity index (χ1) is 15.9. The molecule has 0 aliphatic heterocycles. The summed E-state index contributed by atoms with van der Waals surface area (Å²) in [4.78, 5) is 11.1. The molecule has 35 heavy (non-hydrogen) atoms. The molecule has 0 aliphatic rings. The van der Waals surface area contributed by atoms with Crippen molar-refractivity contribution in [3.8, 4) is 0 Å². The van der Waals surface area contributed by atoms with Crippen LogP contribution in [0.5, 0.6) is 0 Å². The van der Waals surface area contributed by atoms with Crippen LogP contribution in [0.15, 0.2) is 63.2 Å². The van der Waals surface area contributed by atoms with Crippen molar-refractivity contribution in [1.82, 2.24) is 0 Å². The normalized spacial score (nSPS) is 13.8. The van der Waals surface area contributed by atoms with Crippen molar-refractivity contribution in [2.45, 2.75) is 59.0 Å². The molecule has 0 amide bonds. The molecule has 0 fully saturated rings. The van der Waals surface area contributed by atoms with E-state index in [2.05, 4.69) is 5.32 Å². The molecule has 2 rings (SSSR count). The number of anilines is 1.